The molecule has 1 atom stereocenters. The van der Waals surface area contributed by atoms with E-state index in [0.717, 1.165) is 84.2 Å². The van der Waals surface area contributed by atoms with Crippen molar-refractivity contribution in [2.24, 2.45) is 5.92 Å². The van der Waals surface area contributed by atoms with Crippen molar-refractivity contribution in [2.75, 3.05) is 31.1 Å². The summed E-state index contributed by atoms with van der Waals surface area (Å²) < 4.78 is 6.12. The molecule has 4 aromatic rings. The largest absolute Gasteiger partial charge is 0.472 e. The molecule has 3 aromatic heterocycles. The van der Waals surface area contributed by atoms with Gasteiger partial charge in [0.2, 0.25) is 5.88 Å². The summed E-state index contributed by atoms with van der Waals surface area (Å²) in [5, 5.41) is 4.49. The average molecular weight is 469 g/mol. The van der Waals surface area contributed by atoms with Crippen molar-refractivity contribution in [1.29, 1.82) is 0 Å². The van der Waals surface area contributed by atoms with Gasteiger partial charge in [-0.05, 0) is 62.4 Å². The molecule has 2 saturated heterocycles. The summed E-state index contributed by atoms with van der Waals surface area (Å²) >= 11 is 0. The molecule has 7 heteroatoms. The molecular weight excluding hydrogens is 436 g/mol. The number of anilines is 1. The van der Waals surface area contributed by atoms with Gasteiger partial charge in [-0.15, -0.1) is 0 Å². The second-order valence-corrected chi connectivity index (χ2v) is 9.84. The number of rotatable bonds is 5. The van der Waals surface area contributed by atoms with Crippen LogP contribution in [-0.2, 0) is 0 Å². The Kier molecular flexibility index (Phi) is 6.08. The quantitative estimate of drug-likeness (QED) is 0.427. The molecule has 2 aliphatic heterocycles. The third kappa shape index (κ3) is 4.73. The molecule has 0 amide bonds. The highest BCUT2D eigenvalue weighted by Crippen LogP contribution is 2.32. The standard InChI is InChI=1S/C28H32N6O/c1-19-9-12-34(13-10-19)27-6-2-5-24(32-27)20-7-8-25-22(14-20)23(16-31-25)26-17-30-18-28(33-26)35-21-4-3-11-29-15-21/h2,5-8,14,16-19,21,29,31H,3-4,9-13,15H2,1H3. The molecule has 2 fully saturated rings. The Hall–Kier alpha value is -3.45. The van der Waals surface area contributed by atoms with Gasteiger partial charge in [-0.2, -0.15) is 0 Å². The van der Waals surface area contributed by atoms with Gasteiger partial charge in [0.15, 0.2) is 0 Å². The number of benzene rings is 1. The number of aromatic nitrogens is 4. The van der Waals surface area contributed by atoms with Gasteiger partial charge >= 0.3 is 0 Å². The lowest BCUT2D eigenvalue weighted by molar-refractivity contribution is 0.160. The zero-order chi connectivity index (χ0) is 23.6. The Morgan fingerprint density at radius 3 is 2.77 bits per heavy atom. The number of nitrogens with one attached hydrogen (secondary N) is 2. The van der Waals surface area contributed by atoms with Gasteiger partial charge in [-0.1, -0.05) is 19.1 Å². The highest BCUT2D eigenvalue weighted by Gasteiger charge is 2.18. The number of H-pyrrole nitrogens is 1. The Labute approximate surface area is 206 Å². The zero-order valence-corrected chi connectivity index (χ0v) is 20.2. The number of hydrogen-bond acceptors (Lipinski definition) is 6. The Morgan fingerprint density at radius 1 is 1.00 bits per heavy atom. The monoisotopic (exact) mass is 468 g/mol. The number of hydrogen-bond donors (Lipinski definition) is 2. The van der Waals surface area contributed by atoms with E-state index in [9.17, 15) is 0 Å². The van der Waals surface area contributed by atoms with Crippen molar-refractivity contribution >= 4 is 16.7 Å². The molecule has 0 saturated carbocycles. The summed E-state index contributed by atoms with van der Waals surface area (Å²) in [4.78, 5) is 20.0. The minimum atomic E-state index is 0.143. The predicted octanol–water partition coefficient (Wildman–Crippen LogP) is 5.05. The maximum Gasteiger partial charge on any atom is 0.233 e. The molecule has 2 N–H and O–H groups in total. The average Bonchev–Trinajstić information content (AvgIpc) is 3.33. The Morgan fingerprint density at radius 2 is 1.91 bits per heavy atom. The van der Waals surface area contributed by atoms with Crippen molar-refractivity contribution in [2.45, 2.75) is 38.7 Å². The number of pyridine rings is 1. The number of nitrogens with zero attached hydrogens (tertiary/aromatic N) is 4. The van der Waals surface area contributed by atoms with Gasteiger partial charge in [-0.3, -0.25) is 4.98 Å². The molecule has 35 heavy (non-hydrogen) atoms. The van der Waals surface area contributed by atoms with Crippen LogP contribution in [0.3, 0.4) is 0 Å². The molecule has 1 unspecified atom stereocenters. The molecule has 0 bridgehead atoms. The van der Waals surface area contributed by atoms with Gasteiger partial charge in [0.25, 0.3) is 0 Å². The molecule has 6 rings (SSSR count). The van der Waals surface area contributed by atoms with Gasteiger partial charge < -0.3 is 19.9 Å². The number of aromatic amines is 1. The maximum absolute atomic E-state index is 6.12. The van der Waals surface area contributed by atoms with E-state index in [4.69, 9.17) is 14.7 Å². The molecule has 5 heterocycles. The van der Waals surface area contributed by atoms with E-state index >= 15 is 0 Å². The Balaban J connectivity index is 1.29. The highest BCUT2D eigenvalue weighted by molar-refractivity contribution is 5.97. The molecule has 180 valence electrons. The van der Waals surface area contributed by atoms with E-state index < -0.39 is 0 Å². The summed E-state index contributed by atoms with van der Waals surface area (Å²) in [6.45, 7) is 6.40. The van der Waals surface area contributed by atoms with Crippen LogP contribution in [0.25, 0.3) is 33.4 Å². The summed E-state index contributed by atoms with van der Waals surface area (Å²) in [5.41, 5.74) is 4.97. The molecule has 7 nitrogen and oxygen atoms in total. The highest BCUT2D eigenvalue weighted by atomic mass is 16.5. The lowest BCUT2D eigenvalue weighted by Gasteiger charge is -2.31. The Bertz CT molecular complexity index is 1300. The van der Waals surface area contributed by atoms with Crippen molar-refractivity contribution in [1.82, 2.24) is 25.3 Å². The predicted molar refractivity (Wildman–Crippen MR) is 140 cm³/mol. The van der Waals surface area contributed by atoms with E-state index in [1.165, 1.54) is 12.8 Å². The zero-order valence-electron chi connectivity index (χ0n) is 20.2. The van der Waals surface area contributed by atoms with Crippen LogP contribution in [0.2, 0.25) is 0 Å². The smallest absolute Gasteiger partial charge is 0.233 e. The van der Waals surface area contributed by atoms with Crippen molar-refractivity contribution in [3.8, 4) is 28.4 Å². The number of ether oxygens (including phenoxy) is 1. The van der Waals surface area contributed by atoms with Crippen molar-refractivity contribution in [3.05, 3.63) is 55.0 Å². The SMILES string of the molecule is CC1CCN(c2cccc(-c3ccc4[nH]cc(-c5cncc(OC6CCCNC6)n5)c4c3)n2)CC1. The van der Waals surface area contributed by atoms with Gasteiger partial charge in [0, 0.05) is 47.9 Å². The summed E-state index contributed by atoms with van der Waals surface area (Å²) in [7, 11) is 0. The molecule has 0 aliphatic carbocycles. The first-order chi connectivity index (χ1) is 17.2. The summed E-state index contributed by atoms with van der Waals surface area (Å²) in [6, 6.07) is 12.8. The number of piperidine rings is 2. The second-order valence-electron chi connectivity index (χ2n) is 9.84. The van der Waals surface area contributed by atoms with E-state index in [1.807, 2.05) is 6.20 Å². The fourth-order valence-corrected chi connectivity index (χ4v) is 5.12. The molecule has 2 aliphatic rings. The normalized spacial score (nSPS) is 19.2. The van der Waals surface area contributed by atoms with Crippen molar-refractivity contribution in [3.63, 3.8) is 0 Å². The van der Waals surface area contributed by atoms with E-state index in [-0.39, 0.29) is 6.10 Å². The van der Waals surface area contributed by atoms with Gasteiger partial charge in [-0.25, -0.2) is 9.97 Å². The fraction of sp³-hybridized carbons (Fsp3) is 0.393. The fourth-order valence-electron chi connectivity index (χ4n) is 5.12. The van der Waals surface area contributed by atoms with Crippen LogP contribution >= 0.6 is 0 Å². The van der Waals surface area contributed by atoms with E-state index in [2.05, 4.69) is 63.5 Å². The molecule has 1 aromatic carbocycles. The van der Waals surface area contributed by atoms with Crippen LogP contribution in [0.4, 0.5) is 5.82 Å². The van der Waals surface area contributed by atoms with Gasteiger partial charge in [0.1, 0.15) is 11.9 Å². The third-order valence-corrected chi connectivity index (χ3v) is 7.25. The topological polar surface area (TPSA) is 79.0 Å². The first-order valence-electron chi connectivity index (χ1n) is 12.8. The van der Waals surface area contributed by atoms with Crippen LogP contribution in [-0.4, -0.2) is 52.2 Å². The minimum absolute atomic E-state index is 0.143. The molecular formula is C28H32N6O. The third-order valence-electron chi connectivity index (χ3n) is 7.25. The lowest BCUT2D eigenvalue weighted by atomic mass is 9.99. The van der Waals surface area contributed by atoms with Crippen LogP contribution in [0.5, 0.6) is 5.88 Å². The van der Waals surface area contributed by atoms with Crippen LogP contribution in [0.1, 0.15) is 32.6 Å². The summed E-state index contributed by atoms with van der Waals surface area (Å²) in [6.07, 6.45) is 10.3. The maximum atomic E-state index is 6.12. The first-order valence-corrected chi connectivity index (χ1v) is 12.8. The second kappa shape index (κ2) is 9.66. The van der Waals surface area contributed by atoms with Crippen molar-refractivity contribution < 1.29 is 4.74 Å². The van der Waals surface area contributed by atoms with Crippen LogP contribution < -0.4 is 15.0 Å². The lowest BCUT2D eigenvalue weighted by Crippen LogP contribution is -2.37. The van der Waals surface area contributed by atoms with Crippen LogP contribution in [0.15, 0.2) is 55.0 Å². The van der Waals surface area contributed by atoms with E-state index in [1.54, 1.807) is 12.4 Å². The molecule has 0 radical (unpaired) electrons. The van der Waals surface area contributed by atoms with E-state index in [0.29, 0.717) is 5.88 Å². The minimum Gasteiger partial charge on any atom is -0.472 e. The van der Waals surface area contributed by atoms with Gasteiger partial charge in [0.05, 0.1) is 23.8 Å². The summed E-state index contributed by atoms with van der Waals surface area (Å²) in [5.74, 6) is 2.44. The van der Waals surface area contributed by atoms with Crippen LogP contribution in [0, 0.1) is 5.92 Å². The first kappa shape index (κ1) is 22.0. The molecule has 0 spiro atoms. The number of fused-ring (bicyclic) bond motifs is 1.